The molecule has 2 N–H and O–H groups in total. The Hall–Kier alpha value is -1.58. The molecule has 0 radical (unpaired) electrons. The molecule has 1 amide bonds. The van der Waals surface area contributed by atoms with Crippen molar-refractivity contribution in [3.05, 3.63) is 17.8 Å². The fourth-order valence-electron chi connectivity index (χ4n) is 2.31. The number of carbonyl (C=O) groups is 1. The molecular formula is C14H21N3O. The fraction of sp³-hybridized carbons (Fsp3) is 0.571. The van der Waals surface area contributed by atoms with Gasteiger partial charge >= 0.3 is 0 Å². The minimum Gasteiger partial charge on any atom is -0.365 e. The Morgan fingerprint density at radius 2 is 2.17 bits per heavy atom. The van der Waals surface area contributed by atoms with Crippen molar-refractivity contribution in [1.29, 1.82) is 0 Å². The van der Waals surface area contributed by atoms with Crippen LogP contribution in [-0.4, -0.2) is 16.9 Å². The number of amides is 1. The number of hydrogen-bond acceptors (Lipinski definition) is 3. The molecule has 4 heteroatoms. The van der Waals surface area contributed by atoms with Crippen molar-refractivity contribution in [2.24, 2.45) is 5.41 Å². The average Bonchev–Trinajstić information content (AvgIpc) is 2.32. The van der Waals surface area contributed by atoms with Crippen molar-refractivity contribution >= 4 is 17.4 Å². The lowest BCUT2D eigenvalue weighted by molar-refractivity contribution is -0.116. The fourth-order valence-corrected chi connectivity index (χ4v) is 2.31. The van der Waals surface area contributed by atoms with E-state index in [1.165, 1.54) is 0 Å². The van der Waals surface area contributed by atoms with Crippen molar-refractivity contribution in [3.8, 4) is 0 Å². The van der Waals surface area contributed by atoms with Crippen molar-refractivity contribution in [3.63, 3.8) is 0 Å². The molecule has 1 atom stereocenters. The van der Waals surface area contributed by atoms with Crippen LogP contribution in [0.2, 0.25) is 0 Å². The third-order valence-corrected chi connectivity index (χ3v) is 2.93. The number of fused-ring (bicyclic) bond motifs is 1. The standard InChI is InChI=1S/C14H21N3O/c1-9-5-11-13(15-8-9)16-10(6-12(18)17-11)7-14(2,3)4/h5,8,10H,6-7H2,1-4H3,(H,15,16)(H,17,18). The molecule has 0 saturated carbocycles. The molecule has 1 aromatic rings. The SMILES string of the molecule is Cc1cnc2c(c1)NC(=O)CC(CC(C)(C)C)N2. The molecule has 0 fully saturated rings. The molecule has 1 aromatic heterocycles. The predicted molar refractivity (Wildman–Crippen MR) is 73.7 cm³/mol. The molecule has 1 unspecified atom stereocenters. The van der Waals surface area contributed by atoms with E-state index in [1.54, 1.807) is 0 Å². The van der Waals surface area contributed by atoms with E-state index < -0.39 is 0 Å². The van der Waals surface area contributed by atoms with E-state index in [4.69, 9.17) is 0 Å². The molecule has 1 aliphatic heterocycles. The Balaban J connectivity index is 2.24. The van der Waals surface area contributed by atoms with E-state index in [-0.39, 0.29) is 17.4 Å². The highest BCUT2D eigenvalue weighted by Crippen LogP contribution is 2.29. The first kappa shape index (κ1) is 12.9. The Bertz CT molecular complexity index is 463. The van der Waals surface area contributed by atoms with Crippen LogP contribution >= 0.6 is 0 Å². The monoisotopic (exact) mass is 247 g/mol. The number of nitrogens with one attached hydrogen (secondary N) is 2. The van der Waals surface area contributed by atoms with Gasteiger partial charge in [0.2, 0.25) is 5.91 Å². The van der Waals surface area contributed by atoms with Crippen LogP contribution in [0.3, 0.4) is 0 Å². The van der Waals surface area contributed by atoms with Gasteiger partial charge in [-0.3, -0.25) is 4.79 Å². The second-order valence-corrected chi connectivity index (χ2v) is 6.27. The molecule has 18 heavy (non-hydrogen) atoms. The van der Waals surface area contributed by atoms with Crippen molar-refractivity contribution in [2.75, 3.05) is 10.6 Å². The average molecular weight is 247 g/mol. The molecule has 2 rings (SSSR count). The van der Waals surface area contributed by atoms with Crippen LogP contribution in [-0.2, 0) is 4.79 Å². The Morgan fingerprint density at radius 1 is 1.44 bits per heavy atom. The first-order valence-corrected chi connectivity index (χ1v) is 6.36. The summed E-state index contributed by atoms with van der Waals surface area (Å²) in [7, 11) is 0. The summed E-state index contributed by atoms with van der Waals surface area (Å²) in [5.74, 6) is 0.837. The topological polar surface area (TPSA) is 54.0 Å². The summed E-state index contributed by atoms with van der Waals surface area (Å²) in [4.78, 5) is 16.2. The van der Waals surface area contributed by atoms with Gasteiger partial charge in [0.1, 0.15) is 5.82 Å². The van der Waals surface area contributed by atoms with Crippen LogP contribution in [0, 0.1) is 12.3 Å². The minimum absolute atomic E-state index is 0.0582. The number of hydrogen-bond donors (Lipinski definition) is 2. The van der Waals surface area contributed by atoms with Crippen LogP contribution in [0.25, 0.3) is 0 Å². The first-order chi connectivity index (χ1) is 8.33. The van der Waals surface area contributed by atoms with E-state index in [9.17, 15) is 4.79 Å². The van der Waals surface area contributed by atoms with Gasteiger partial charge in [0, 0.05) is 18.7 Å². The molecule has 0 aliphatic carbocycles. The maximum atomic E-state index is 11.9. The maximum absolute atomic E-state index is 11.9. The highest BCUT2D eigenvalue weighted by Gasteiger charge is 2.25. The number of aryl methyl sites for hydroxylation is 1. The normalized spacial score (nSPS) is 19.6. The highest BCUT2D eigenvalue weighted by molar-refractivity contribution is 5.95. The molecule has 1 aliphatic rings. The molecule has 0 aromatic carbocycles. The van der Waals surface area contributed by atoms with Gasteiger partial charge in [-0.15, -0.1) is 0 Å². The van der Waals surface area contributed by atoms with Crippen molar-refractivity contribution in [2.45, 2.75) is 46.6 Å². The zero-order chi connectivity index (χ0) is 13.3. The lowest BCUT2D eigenvalue weighted by Crippen LogP contribution is -2.28. The summed E-state index contributed by atoms with van der Waals surface area (Å²) in [6, 6.07) is 2.09. The number of nitrogens with zero attached hydrogens (tertiary/aromatic N) is 1. The smallest absolute Gasteiger partial charge is 0.226 e. The molecule has 0 bridgehead atoms. The van der Waals surface area contributed by atoms with Crippen LogP contribution in [0.1, 0.15) is 39.2 Å². The van der Waals surface area contributed by atoms with Gasteiger partial charge in [-0.1, -0.05) is 20.8 Å². The van der Waals surface area contributed by atoms with E-state index in [2.05, 4.69) is 36.4 Å². The van der Waals surface area contributed by atoms with Gasteiger partial charge in [-0.2, -0.15) is 0 Å². The zero-order valence-electron chi connectivity index (χ0n) is 11.5. The molecule has 0 saturated heterocycles. The third-order valence-electron chi connectivity index (χ3n) is 2.93. The Morgan fingerprint density at radius 3 is 2.83 bits per heavy atom. The van der Waals surface area contributed by atoms with E-state index in [0.717, 1.165) is 23.5 Å². The summed E-state index contributed by atoms with van der Waals surface area (Å²) in [5.41, 5.74) is 2.02. The molecular weight excluding hydrogens is 226 g/mol. The summed E-state index contributed by atoms with van der Waals surface area (Å²) >= 11 is 0. The molecule has 0 spiro atoms. The van der Waals surface area contributed by atoms with Gasteiger partial charge in [0.25, 0.3) is 0 Å². The van der Waals surface area contributed by atoms with Crippen molar-refractivity contribution in [1.82, 2.24) is 4.98 Å². The lowest BCUT2D eigenvalue weighted by atomic mass is 9.87. The largest absolute Gasteiger partial charge is 0.365 e. The van der Waals surface area contributed by atoms with E-state index >= 15 is 0 Å². The Labute approximate surface area is 108 Å². The van der Waals surface area contributed by atoms with Gasteiger partial charge in [-0.05, 0) is 30.4 Å². The number of aromatic nitrogens is 1. The van der Waals surface area contributed by atoms with E-state index in [1.807, 2.05) is 19.2 Å². The second-order valence-electron chi connectivity index (χ2n) is 6.27. The van der Waals surface area contributed by atoms with Crippen LogP contribution in [0.5, 0.6) is 0 Å². The summed E-state index contributed by atoms with van der Waals surface area (Å²) in [6.07, 6.45) is 3.25. The predicted octanol–water partition coefficient (Wildman–Crippen LogP) is 2.95. The quantitative estimate of drug-likeness (QED) is 0.802. The van der Waals surface area contributed by atoms with Gasteiger partial charge in [0.05, 0.1) is 5.69 Å². The summed E-state index contributed by atoms with van der Waals surface area (Å²) < 4.78 is 0. The molecule has 2 heterocycles. The van der Waals surface area contributed by atoms with E-state index in [0.29, 0.717) is 6.42 Å². The zero-order valence-corrected chi connectivity index (χ0v) is 11.5. The summed E-state index contributed by atoms with van der Waals surface area (Å²) in [5, 5.41) is 6.29. The maximum Gasteiger partial charge on any atom is 0.226 e. The van der Waals surface area contributed by atoms with Gasteiger partial charge < -0.3 is 10.6 Å². The van der Waals surface area contributed by atoms with Crippen LogP contribution in [0.4, 0.5) is 11.5 Å². The number of anilines is 2. The number of carbonyl (C=O) groups excluding carboxylic acids is 1. The van der Waals surface area contributed by atoms with Gasteiger partial charge in [-0.25, -0.2) is 4.98 Å². The summed E-state index contributed by atoms with van der Waals surface area (Å²) in [6.45, 7) is 8.51. The van der Waals surface area contributed by atoms with Crippen LogP contribution in [0.15, 0.2) is 12.3 Å². The lowest BCUT2D eigenvalue weighted by Gasteiger charge is -2.25. The second kappa shape index (κ2) is 4.59. The minimum atomic E-state index is 0.0582. The van der Waals surface area contributed by atoms with Crippen molar-refractivity contribution < 1.29 is 4.79 Å². The highest BCUT2D eigenvalue weighted by atomic mass is 16.1. The first-order valence-electron chi connectivity index (χ1n) is 6.36. The number of pyridine rings is 1. The van der Waals surface area contributed by atoms with Gasteiger partial charge in [0.15, 0.2) is 0 Å². The Kier molecular flexibility index (Phi) is 3.28. The number of rotatable bonds is 1. The molecule has 98 valence electrons. The van der Waals surface area contributed by atoms with Crippen LogP contribution < -0.4 is 10.6 Å². The third kappa shape index (κ3) is 3.22. The molecule has 4 nitrogen and oxygen atoms in total.